The summed E-state index contributed by atoms with van der Waals surface area (Å²) in [5, 5.41) is 2.70. The second-order valence-corrected chi connectivity index (χ2v) is 3.37. The van der Waals surface area contributed by atoms with Crippen LogP contribution in [0.4, 0.5) is 10.5 Å². The Morgan fingerprint density at radius 3 is 2.77 bits per heavy atom. The fourth-order valence-corrected chi connectivity index (χ4v) is 1.27. The monoisotopic (exact) mass is 193 g/mol. The van der Waals surface area contributed by atoms with Crippen molar-refractivity contribution >= 4 is 22.7 Å². The minimum absolute atomic E-state index is 0.0499. The summed E-state index contributed by atoms with van der Waals surface area (Å²) in [5.74, 6) is 0.638. The first-order valence-electron chi connectivity index (χ1n) is 3.92. The van der Waals surface area contributed by atoms with Crippen molar-refractivity contribution in [3.05, 3.63) is 43.0 Å². The molecule has 0 saturated heterocycles. The maximum absolute atomic E-state index is 11.2. The number of amides is 1. The molecule has 1 amide bonds. The SMILES string of the molecule is C=CCSC(=O)Nc1ccccc1. The summed E-state index contributed by atoms with van der Waals surface area (Å²) in [4.78, 5) is 11.2. The van der Waals surface area contributed by atoms with E-state index in [0.717, 1.165) is 5.69 Å². The number of hydrogen-bond donors (Lipinski definition) is 1. The van der Waals surface area contributed by atoms with Crippen molar-refractivity contribution in [1.82, 2.24) is 0 Å². The summed E-state index contributed by atoms with van der Waals surface area (Å²) >= 11 is 1.20. The summed E-state index contributed by atoms with van der Waals surface area (Å²) in [6.45, 7) is 3.54. The number of carbonyl (C=O) groups is 1. The fourth-order valence-electron chi connectivity index (χ4n) is 0.810. The van der Waals surface area contributed by atoms with E-state index < -0.39 is 0 Å². The van der Waals surface area contributed by atoms with Crippen LogP contribution in [0.2, 0.25) is 0 Å². The Labute approximate surface area is 82.0 Å². The van der Waals surface area contributed by atoms with Crippen LogP contribution in [0.3, 0.4) is 0 Å². The average molecular weight is 193 g/mol. The van der Waals surface area contributed by atoms with Gasteiger partial charge in [-0.15, -0.1) is 6.58 Å². The molecule has 1 rings (SSSR count). The molecule has 0 unspecified atom stereocenters. The van der Waals surface area contributed by atoms with Gasteiger partial charge in [-0.25, -0.2) is 0 Å². The Kier molecular flexibility index (Phi) is 4.12. The lowest BCUT2D eigenvalue weighted by Crippen LogP contribution is -2.04. The molecule has 0 aliphatic rings. The predicted molar refractivity (Wildman–Crippen MR) is 58.1 cm³/mol. The Balaban J connectivity index is 2.41. The molecule has 0 fully saturated rings. The molecule has 0 heterocycles. The Morgan fingerprint density at radius 2 is 2.15 bits per heavy atom. The van der Waals surface area contributed by atoms with E-state index in [1.165, 1.54) is 11.8 Å². The number of anilines is 1. The van der Waals surface area contributed by atoms with Crippen molar-refractivity contribution in [1.29, 1.82) is 0 Å². The smallest absolute Gasteiger partial charge is 0.283 e. The van der Waals surface area contributed by atoms with Gasteiger partial charge in [0, 0.05) is 11.4 Å². The number of hydrogen-bond acceptors (Lipinski definition) is 2. The lowest BCUT2D eigenvalue weighted by molar-refractivity contribution is 0.270. The third-order valence-corrected chi connectivity index (χ3v) is 2.12. The third kappa shape index (κ3) is 3.80. The zero-order valence-corrected chi connectivity index (χ0v) is 8.01. The van der Waals surface area contributed by atoms with Gasteiger partial charge in [-0.3, -0.25) is 4.79 Å². The number of nitrogens with one attached hydrogen (secondary N) is 1. The van der Waals surface area contributed by atoms with Crippen LogP contribution in [0, 0.1) is 0 Å². The lowest BCUT2D eigenvalue weighted by Gasteiger charge is -2.01. The number of benzene rings is 1. The van der Waals surface area contributed by atoms with Gasteiger partial charge < -0.3 is 5.32 Å². The Morgan fingerprint density at radius 1 is 1.46 bits per heavy atom. The Bertz CT molecular complexity index is 284. The molecular weight excluding hydrogens is 182 g/mol. The van der Waals surface area contributed by atoms with E-state index in [1.54, 1.807) is 6.08 Å². The van der Waals surface area contributed by atoms with Crippen molar-refractivity contribution in [3.63, 3.8) is 0 Å². The maximum atomic E-state index is 11.2. The van der Waals surface area contributed by atoms with Crippen molar-refractivity contribution < 1.29 is 4.79 Å². The largest absolute Gasteiger partial charge is 0.317 e. The lowest BCUT2D eigenvalue weighted by atomic mass is 10.3. The van der Waals surface area contributed by atoms with Crippen LogP contribution in [0.15, 0.2) is 43.0 Å². The van der Waals surface area contributed by atoms with E-state index in [4.69, 9.17) is 0 Å². The van der Waals surface area contributed by atoms with Gasteiger partial charge in [-0.1, -0.05) is 36.0 Å². The second-order valence-electron chi connectivity index (χ2n) is 2.38. The third-order valence-electron chi connectivity index (χ3n) is 1.35. The van der Waals surface area contributed by atoms with E-state index in [0.29, 0.717) is 5.75 Å². The normalized spacial score (nSPS) is 9.23. The van der Waals surface area contributed by atoms with Crippen LogP contribution in [0.5, 0.6) is 0 Å². The van der Waals surface area contributed by atoms with E-state index in [-0.39, 0.29) is 5.24 Å². The highest BCUT2D eigenvalue weighted by molar-refractivity contribution is 8.14. The first-order valence-corrected chi connectivity index (χ1v) is 4.91. The summed E-state index contributed by atoms with van der Waals surface area (Å²) < 4.78 is 0. The molecule has 0 radical (unpaired) electrons. The molecule has 1 aromatic rings. The molecule has 0 atom stereocenters. The highest BCUT2D eigenvalue weighted by Crippen LogP contribution is 2.10. The molecule has 0 aromatic heterocycles. The fraction of sp³-hybridized carbons (Fsp3) is 0.100. The maximum Gasteiger partial charge on any atom is 0.283 e. The van der Waals surface area contributed by atoms with Gasteiger partial charge in [0.15, 0.2) is 0 Å². The van der Waals surface area contributed by atoms with Crippen molar-refractivity contribution in [2.45, 2.75) is 0 Å². The highest BCUT2D eigenvalue weighted by Gasteiger charge is 1.99. The van der Waals surface area contributed by atoms with Gasteiger partial charge in [0.1, 0.15) is 0 Å². The molecule has 0 saturated carbocycles. The summed E-state index contributed by atoms with van der Waals surface area (Å²) in [5.41, 5.74) is 0.823. The summed E-state index contributed by atoms with van der Waals surface area (Å²) in [6, 6.07) is 9.38. The van der Waals surface area contributed by atoms with Gasteiger partial charge in [0.05, 0.1) is 0 Å². The first kappa shape index (κ1) is 9.86. The minimum atomic E-state index is -0.0499. The first-order chi connectivity index (χ1) is 6.33. The number of rotatable bonds is 3. The molecule has 1 N–H and O–H groups in total. The van der Waals surface area contributed by atoms with E-state index in [1.807, 2.05) is 30.3 Å². The van der Waals surface area contributed by atoms with E-state index in [9.17, 15) is 4.79 Å². The van der Waals surface area contributed by atoms with Crippen molar-refractivity contribution in [3.8, 4) is 0 Å². The van der Waals surface area contributed by atoms with Crippen molar-refractivity contribution in [2.24, 2.45) is 0 Å². The molecule has 0 bridgehead atoms. The van der Waals surface area contributed by atoms with Crippen LogP contribution in [-0.4, -0.2) is 11.0 Å². The Hall–Kier alpha value is -1.22. The quantitative estimate of drug-likeness (QED) is 0.747. The zero-order chi connectivity index (χ0) is 9.52. The molecule has 0 spiro atoms. The zero-order valence-electron chi connectivity index (χ0n) is 7.19. The molecule has 13 heavy (non-hydrogen) atoms. The van der Waals surface area contributed by atoms with Crippen LogP contribution in [0.1, 0.15) is 0 Å². The highest BCUT2D eigenvalue weighted by atomic mass is 32.2. The van der Waals surface area contributed by atoms with Crippen LogP contribution in [-0.2, 0) is 0 Å². The molecule has 68 valence electrons. The van der Waals surface area contributed by atoms with Gasteiger partial charge in [0.25, 0.3) is 5.24 Å². The van der Waals surface area contributed by atoms with Crippen LogP contribution >= 0.6 is 11.8 Å². The molecule has 0 aliphatic heterocycles. The summed E-state index contributed by atoms with van der Waals surface area (Å²) in [6.07, 6.45) is 1.70. The average Bonchev–Trinajstić information content (AvgIpc) is 2.16. The molecule has 1 aromatic carbocycles. The summed E-state index contributed by atoms with van der Waals surface area (Å²) in [7, 11) is 0. The van der Waals surface area contributed by atoms with E-state index >= 15 is 0 Å². The van der Waals surface area contributed by atoms with Gasteiger partial charge in [-0.05, 0) is 12.1 Å². The van der Waals surface area contributed by atoms with Gasteiger partial charge in [0.2, 0.25) is 0 Å². The molecular formula is C10H11NOS. The minimum Gasteiger partial charge on any atom is -0.317 e. The number of para-hydroxylation sites is 1. The number of thioether (sulfide) groups is 1. The molecule has 3 heteroatoms. The van der Waals surface area contributed by atoms with E-state index in [2.05, 4.69) is 11.9 Å². The van der Waals surface area contributed by atoms with Crippen LogP contribution in [0.25, 0.3) is 0 Å². The van der Waals surface area contributed by atoms with Gasteiger partial charge in [-0.2, -0.15) is 0 Å². The number of carbonyl (C=O) groups excluding carboxylic acids is 1. The van der Waals surface area contributed by atoms with Gasteiger partial charge >= 0.3 is 0 Å². The standard InChI is InChI=1S/C10H11NOS/c1-2-8-13-10(12)11-9-6-4-3-5-7-9/h2-7H,1,8H2,(H,11,12). The predicted octanol–water partition coefficient (Wildman–Crippen LogP) is 3.14. The topological polar surface area (TPSA) is 29.1 Å². The van der Waals surface area contributed by atoms with Crippen molar-refractivity contribution in [2.75, 3.05) is 11.1 Å². The molecule has 0 aliphatic carbocycles. The molecule has 2 nitrogen and oxygen atoms in total. The van der Waals surface area contributed by atoms with Crippen LogP contribution < -0.4 is 5.32 Å². The second kappa shape index (κ2) is 5.43.